The van der Waals surface area contributed by atoms with Crippen LogP contribution in [-0.2, 0) is 4.79 Å². The molecular formula is C17H14N4OS. The summed E-state index contributed by atoms with van der Waals surface area (Å²) in [6, 6.07) is 15.8. The largest absolute Gasteiger partial charge is 0.272 e. The third-order valence-corrected chi connectivity index (χ3v) is 3.97. The molecule has 114 valence electrons. The second kappa shape index (κ2) is 7.51. The number of fused-ring (bicyclic) bond motifs is 1. The Kier molecular flexibility index (Phi) is 4.95. The maximum atomic E-state index is 11.8. The van der Waals surface area contributed by atoms with Crippen LogP contribution in [-0.4, -0.2) is 27.8 Å². The van der Waals surface area contributed by atoms with Gasteiger partial charge in [-0.1, -0.05) is 54.2 Å². The summed E-state index contributed by atoms with van der Waals surface area (Å²) >= 11 is 1.27. The highest BCUT2D eigenvalue weighted by Crippen LogP contribution is 2.16. The van der Waals surface area contributed by atoms with Crippen LogP contribution in [0.4, 0.5) is 0 Å². The van der Waals surface area contributed by atoms with Crippen LogP contribution >= 0.6 is 11.8 Å². The third kappa shape index (κ3) is 4.14. The van der Waals surface area contributed by atoms with Gasteiger partial charge in [-0.05, 0) is 16.8 Å². The lowest BCUT2D eigenvalue weighted by Crippen LogP contribution is -2.19. The van der Waals surface area contributed by atoms with Crippen LogP contribution in [0.25, 0.3) is 10.8 Å². The van der Waals surface area contributed by atoms with E-state index in [1.807, 2.05) is 42.5 Å². The number of thioether (sulfide) groups is 1. The van der Waals surface area contributed by atoms with E-state index in [9.17, 15) is 4.79 Å². The van der Waals surface area contributed by atoms with Crippen LogP contribution in [0, 0.1) is 0 Å². The smallest absolute Gasteiger partial charge is 0.250 e. The fourth-order valence-corrected chi connectivity index (χ4v) is 2.65. The molecule has 0 atom stereocenters. The summed E-state index contributed by atoms with van der Waals surface area (Å²) < 4.78 is 0. The Bertz CT molecular complexity index is 831. The van der Waals surface area contributed by atoms with Crippen molar-refractivity contribution >= 4 is 34.7 Å². The van der Waals surface area contributed by atoms with Crippen molar-refractivity contribution in [2.24, 2.45) is 5.10 Å². The zero-order valence-corrected chi connectivity index (χ0v) is 13.0. The maximum Gasteiger partial charge on any atom is 0.250 e. The quantitative estimate of drug-likeness (QED) is 0.339. The molecule has 6 heteroatoms. The van der Waals surface area contributed by atoms with Crippen LogP contribution in [0.2, 0.25) is 0 Å². The Morgan fingerprint density at radius 3 is 2.74 bits per heavy atom. The Labute approximate surface area is 137 Å². The molecule has 2 aromatic carbocycles. The molecule has 0 aliphatic carbocycles. The number of hydrogen-bond acceptors (Lipinski definition) is 5. The number of amides is 1. The molecule has 0 saturated heterocycles. The van der Waals surface area contributed by atoms with E-state index < -0.39 is 0 Å². The van der Waals surface area contributed by atoms with Crippen molar-refractivity contribution in [1.82, 2.24) is 15.4 Å². The van der Waals surface area contributed by atoms with Gasteiger partial charge < -0.3 is 0 Å². The lowest BCUT2D eigenvalue weighted by Gasteiger charge is -2.02. The number of hydrazone groups is 1. The van der Waals surface area contributed by atoms with E-state index >= 15 is 0 Å². The predicted molar refractivity (Wildman–Crippen MR) is 92.4 cm³/mol. The number of carbonyl (C=O) groups is 1. The van der Waals surface area contributed by atoms with E-state index in [4.69, 9.17) is 0 Å². The standard InChI is InChI=1S/C17H14N4OS/c22-16(12-23-17-18-9-4-10-19-17)21-20-11-14-7-3-6-13-5-1-2-8-15(13)14/h1-11H,12H2,(H,21,22). The van der Waals surface area contributed by atoms with Gasteiger partial charge in [0.1, 0.15) is 0 Å². The molecule has 0 saturated carbocycles. The first-order chi connectivity index (χ1) is 11.3. The van der Waals surface area contributed by atoms with Crippen molar-refractivity contribution in [2.45, 2.75) is 5.16 Å². The molecule has 0 spiro atoms. The van der Waals surface area contributed by atoms with Gasteiger partial charge in [0, 0.05) is 18.0 Å². The normalized spacial score (nSPS) is 11.0. The summed E-state index contributed by atoms with van der Waals surface area (Å²) in [5.74, 6) is 0.0237. The lowest BCUT2D eigenvalue weighted by atomic mass is 10.1. The molecule has 23 heavy (non-hydrogen) atoms. The summed E-state index contributed by atoms with van der Waals surface area (Å²) in [6.45, 7) is 0. The molecule has 0 unspecified atom stereocenters. The summed E-state index contributed by atoms with van der Waals surface area (Å²) in [6.07, 6.45) is 4.95. The first kappa shape index (κ1) is 15.2. The van der Waals surface area contributed by atoms with E-state index in [1.54, 1.807) is 24.7 Å². The molecule has 1 heterocycles. The average molecular weight is 322 g/mol. The van der Waals surface area contributed by atoms with Gasteiger partial charge in [0.25, 0.3) is 5.91 Å². The monoisotopic (exact) mass is 322 g/mol. The number of aromatic nitrogens is 2. The van der Waals surface area contributed by atoms with Crippen LogP contribution in [0.3, 0.4) is 0 Å². The second-order valence-corrected chi connectivity index (χ2v) is 5.62. The Hall–Kier alpha value is -2.73. The maximum absolute atomic E-state index is 11.8. The Morgan fingerprint density at radius 2 is 1.87 bits per heavy atom. The molecule has 0 aliphatic rings. The van der Waals surface area contributed by atoms with Crippen molar-refractivity contribution in [2.75, 3.05) is 5.75 Å². The van der Waals surface area contributed by atoms with Crippen LogP contribution < -0.4 is 5.43 Å². The minimum absolute atomic E-state index is 0.195. The average Bonchev–Trinajstić information content (AvgIpc) is 2.61. The second-order valence-electron chi connectivity index (χ2n) is 4.68. The predicted octanol–water partition coefficient (Wildman–Crippen LogP) is 2.87. The molecule has 0 aliphatic heterocycles. The van der Waals surface area contributed by atoms with Gasteiger partial charge in [0.05, 0.1) is 12.0 Å². The molecule has 0 bridgehead atoms. The molecule has 0 radical (unpaired) electrons. The molecule has 1 N–H and O–H groups in total. The van der Waals surface area contributed by atoms with Crippen molar-refractivity contribution < 1.29 is 4.79 Å². The van der Waals surface area contributed by atoms with E-state index in [0.29, 0.717) is 5.16 Å². The van der Waals surface area contributed by atoms with Crippen molar-refractivity contribution in [3.8, 4) is 0 Å². The minimum atomic E-state index is -0.195. The third-order valence-electron chi connectivity index (χ3n) is 3.09. The highest BCUT2D eigenvalue weighted by atomic mass is 32.2. The SMILES string of the molecule is O=C(CSc1ncccn1)NN=Cc1cccc2ccccc12. The summed E-state index contributed by atoms with van der Waals surface area (Å²) in [4.78, 5) is 19.9. The molecule has 3 rings (SSSR count). The van der Waals surface area contributed by atoms with Gasteiger partial charge in [0.2, 0.25) is 0 Å². The Balaban J connectivity index is 1.59. The van der Waals surface area contributed by atoms with E-state index in [0.717, 1.165) is 16.3 Å². The topological polar surface area (TPSA) is 67.2 Å². The number of carbonyl (C=O) groups excluding carboxylic acids is 1. The van der Waals surface area contributed by atoms with E-state index in [1.165, 1.54) is 11.8 Å². The van der Waals surface area contributed by atoms with Crippen LogP contribution in [0.5, 0.6) is 0 Å². The summed E-state index contributed by atoms with van der Waals surface area (Å²) in [5, 5.41) is 6.83. The number of nitrogens with one attached hydrogen (secondary N) is 1. The lowest BCUT2D eigenvalue weighted by molar-refractivity contribution is -0.118. The fourth-order valence-electron chi connectivity index (χ4n) is 2.06. The molecule has 3 aromatic rings. The van der Waals surface area contributed by atoms with E-state index in [2.05, 4.69) is 20.5 Å². The zero-order valence-electron chi connectivity index (χ0n) is 12.2. The number of hydrogen-bond donors (Lipinski definition) is 1. The van der Waals surface area contributed by atoms with Gasteiger partial charge in [0.15, 0.2) is 5.16 Å². The summed E-state index contributed by atoms with van der Waals surface area (Å²) in [7, 11) is 0. The van der Waals surface area contributed by atoms with Crippen molar-refractivity contribution in [3.05, 3.63) is 66.5 Å². The summed E-state index contributed by atoms with van der Waals surface area (Å²) in [5.41, 5.74) is 3.48. The highest BCUT2D eigenvalue weighted by Gasteiger charge is 2.03. The van der Waals surface area contributed by atoms with Gasteiger partial charge in [-0.2, -0.15) is 5.10 Å². The molecule has 1 aromatic heterocycles. The molecular weight excluding hydrogens is 308 g/mol. The first-order valence-electron chi connectivity index (χ1n) is 7.02. The number of benzene rings is 2. The van der Waals surface area contributed by atoms with Gasteiger partial charge >= 0.3 is 0 Å². The molecule has 1 amide bonds. The number of rotatable bonds is 5. The minimum Gasteiger partial charge on any atom is -0.272 e. The van der Waals surface area contributed by atoms with Crippen LogP contribution in [0.1, 0.15) is 5.56 Å². The van der Waals surface area contributed by atoms with Crippen molar-refractivity contribution in [1.29, 1.82) is 0 Å². The first-order valence-corrected chi connectivity index (χ1v) is 8.01. The fraction of sp³-hybridized carbons (Fsp3) is 0.0588. The van der Waals surface area contributed by atoms with Crippen LogP contribution in [0.15, 0.2) is 71.2 Å². The van der Waals surface area contributed by atoms with Crippen molar-refractivity contribution in [3.63, 3.8) is 0 Å². The number of nitrogens with zero attached hydrogens (tertiary/aromatic N) is 3. The molecule has 5 nitrogen and oxygen atoms in total. The van der Waals surface area contributed by atoms with Gasteiger partial charge in [-0.3, -0.25) is 4.79 Å². The molecule has 0 fully saturated rings. The zero-order chi connectivity index (χ0) is 15.9. The Morgan fingerprint density at radius 1 is 1.09 bits per heavy atom. The van der Waals surface area contributed by atoms with Gasteiger partial charge in [-0.15, -0.1) is 0 Å². The highest BCUT2D eigenvalue weighted by molar-refractivity contribution is 7.99. The van der Waals surface area contributed by atoms with E-state index in [-0.39, 0.29) is 11.7 Å². The van der Waals surface area contributed by atoms with Gasteiger partial charge in [-0.25, -0.2) is 15.4 Å².